The van der Waals surface area contributed by atoms with Crippen LogP contribution in [-0.2, 0) is 14.3 Å². The summed E-state index contributed by atoms with van der Waals surface area (Å²) in [5.41, 5.74) is 0.0863. The normalized spacial score (nSPS) is 28.9. The summed E-state index contributed by atoms with van der Waals surface area (Å²) in [6, 6.07) is 3.86. The lowest BCUT2D eigenvalue weighted by atomic mass is 9.84. The molecule has 0 aliphatic carbocycles. The van der Waals surface area contributed by atoms with Crippen molar-refractivity contribution in [1.29, 1.82) is 0 Å². The fraction of sp³-hybridized carbons (Fsp3) is 0.421. The lowest BCUT2D eigenvalue weighted by Crippen LogP contribution is -2.75. The summed E-state index contributed by atoms with van der Waals surface area (Å²) in [4.78, 5) is 39.4. The van der Waals surface area contributed by atoms with Gasteiger partial charge in [0.25, 0.3) is 0 Å². The second-order valence-electron chi connectivity index (χ2n) is 7.15. The lowest BCUT2D eigenvalue weighted by Gasteiger charge is -2.51. The van der Waals surface area contributed by atoms with Crippen molar-refractivity contribution in [2.24, 2.45) is 0 Å². The molecule has 0 bridgehead atoms. The first-order valence-electron chi connectivity index (χ1n) is 8.50. The smallest absolute Gasteiger partial charge is 0.330 e. The zero-order valence-electron chi connectivity index (χ0n) is 15.2. The predicted octanol–water partition coefficient (Wildman–Crippen LogP) is 2.29. The van der Waals surface area contributed by atoms with Gasteiger partial charge in [0, 0.05) is 10.3 Å². The fourth-order valence-corrected chi connectivity index (χ4v) is 6.02. The van der Waals surface area contributed by atoms with E-state index < -0.39 is 50.1 Å². The number of hydrogen-bond donors (Lipinski definition) is 1. The third-order valence-electron chi connectivity index (χ3n) is 4.87. The molecule has 2 fully saturated rings. The van der Waals surface area contributed by atoms with Crippen molar-refractivity contribution in [2.45, 2.75) is 40.4 Å². The number of benzene rings is 1. The van der Waals surface area contributed by atoms with Crippen molar-refractivity contribution in [3.8, 4) is 0 Å². The number of thioether (sulfide) groups is 1. The van der Waals surface area contributed by atoms with Gasteiger partial charge >= 0.3 is 5.97 Å². The van der Waals surface area contributed by atoms with Crippen LogP contribution in [0.2, 0.25) is 0 Å². The Balaban J connectivity index is 1.86. The van der Waals surface area contributed by atoms with Crippen LogP contribution in [-0.4, -0.2) is 60.9 Å². The summed E-state index contributed by atoms with van der Waals surface area (Å²) in [6.45, 7) is 7.11. The Labute approximate surface area is 174 Å². The van der Waals surface area contributed by atoms with Crippen LogP contribution in [0.3, 0.4) is 0 Å². The van der Waals surface area contributed by atoms with Gasteiger partial charge in [-0.25, -0.2) is 9.18 Å². The summed E-state index contributed by atoms with van der Waals surface area (Å²) >= 11 is 4.57. The largest absolute Gasteiger partial charge is 0.460 e. The predicted molar refractivity (Wildman–Crippen MR) is 106 cm³/mol. The van der Waals surface area contributed by atoms with Gasteiger partial charge in [-0.05, 0) is 38.1 Å². The summed E-state index contributed by atoms with van der Waals surface area (Å²) < 4.78 is 16.0. The Hall–Kier alpha value is -1.71. The highest BCUT2D eigenvalue weighted by Crippen LogP contribution is 2.59. The molecule has 1 aromatic rings. The quantitative estimate of drug-likeness (QED) is 0.225. The number of amides is 1. The number of β-lactam (4-membered cyclic amide) rings is 1. The molecule has 1 amide bonds. The van der Waals surface area contributed by atoms with Crippen LogP contribution in [0.15, 0.2) is 36.9 Å². The molecule has 2 unspecified atom stereocenters. The number of ketones is 1. The molecule has 3 rings (SSSR count). The van der Waals surface area contributed by atoms with E-state index in [-0.39, 0.29) is 12.2 Å². The summed E-state index contributed by atoms with van der Waals surface area (Å²) in [5.74, 6) is -2.36. The minimum absolute atomic E-state index is 0.0217. The zero-order chi connectivity index (χ0) is 20.9. The number of esters is 1. The minimum Gasteiger partial charge on any atom is -0.460 e. The van der Waals surface area contributed by atoms with Crippen molar-refractivity contribution in [1.82, 2.24) is 4.90 Å². The first-order valence-corrected chi connectivity index (χ1v) is 10.2. The monoisotopic (exact) mass is 471 g/mol. The number of alkyl halides is 1. The van der Waals surface area contributed by atoms with E-state index in [9.17, 15) is 23.9 Å². The van der Waals surface area contributed by atoms with Crippen molar-refractivity contribution < 1.29 is 28.6 Å². The number of nitrogens with zero attached hydrogens (tertiary/aromatic N) is 1. The van der Waals surface area contributed by atoms with Crippen LogP contribution >= 0.6 is 27.7 Å². The third-order valence-corrected chi connectivity index (χ3v) is 8.03. The van der Waals surface area contributed by atoms with Gasteiger partial charge in [0.05, 0.1) is 0 Å². The average Bonchev–Trinajstić information content (AvgIpc) is 2.94. The molecule has 0 saturated carbocycles. The molecule has 0 radical (unpaired) electrons. The Kier molecular flexibility index (Phi) is 5.46. The molecule has 4 atom stereocenters. The van der Waals surface area contributed by atoms with Crippen molar-refractivity contribution in [2.75, 3.05) is 6.61 Å². The number of Topliss-reactive ketones (excluding diaryl/α,β-unsaturated/α-hetero) is 1. The highest BCUT2D eigenvalue weighted by molar-refractivity contribution is 9.10. The Bertz CT molecular complexity index is 845. The molecule has 2 aliphatic heterocycles. The van der Waals surface area contributed by atoms with E-state index in [2.05, 4.69) is 22.5 Å². The number of fused-ring (bicyclic) bond motifs is 1. The molecular formula is C19H19BrFNO5S. The van der Waals surface area contributed by atoms with Gasteiger partial charge in [0.1, 0.15) is 29.9 Å². The molecule has 1 aromatic carbocycles. The molecule has 28 heavy (non-hydrogen) atoms. The van der Waals surface area contributed by atoms with E-state index in [0.717, 1.165) is 12.1 Å². The Morgan fingerprint density at radius 1 is 1.43 bits per heavy atom. The van der Waals surface area contributed by atoms with E-state index in [1.807, 2.05) is 0 Å². The third kappa shape index (κ3) is 3.09. The first kappa shape index (κ1) is 21.0. The number of hydrogen-bond acceptors (Lipinski definition) is 6. The number of carbonyl (C=O) groups excluding carboxylic acids is 3. The second-order valence-corrected chi connectivity index (χ2v) is 10.2. The van der Waals surface area contributed by atoms with Gasteiger partial charge in [-0.1, -0.05) is 28.6 Å². The number of carbonyl (C=O) groups is 3. The van der Waals surface area contributed by atoms with Crippen molar-refractivity contribution >= 4 is 45.4 Å². The summed E-state index contributed by atoms with van der Waals surface area (Å²) in [7, 11) is 0. The van der Waals surface area contributed by atoms with Crippen LogP contribution < -0.4 is 0 Å². The van der Waals surface area contributed by atoms with Crippen LogP contribution in [0.4, 0.5) is 4.39 Å². The number of ether oxygens (including phenoxy) is 1. The van der Waals surface area contributed by atoms with Crippen LogP contribution in [0, 0.1) is 5.82 Å². The van der Waals surface area contributed by atoms with E-state index in [1.165, 1.54) is 34.9 Å². The molecule has 1 N–H and O–H groups in total. The first-order chi connectivity index (χ1) is 13.1. The second kappa shape index (κ2) is 7.27. The molecule has 2 heterocycles. The number of aliphatic hydroxyl groups is 1. The van der Waals surface area contributed by atoms with E-state index in [0.29, 0.717) is 0 Å². The molecule has 0 spiro atoms. The minimum atomic E-state index is -1.70. The molecule has 2 saturated heterocycles. The van der Waals surface area contributed by atoms with Gasteiger partial charge in [0.15, 0.2) is 10.1 Å². The van der Waals surface area contributed by atoms with E-state index in [1.54, 1.807) is 13.8 Å². The Morgan fingerprint density at radius 2 is 2.04 bits per heavy atom. The van der Waals surface area contributed by atoms with Crippen LogP contribution in [0.25, 0.3) is 0 Å². The van der Waals surface area contributed by atoms with Crippen LogP contribution in [0.5, 0.6) is 0 Å². The lowest BCUT2D eigenvalue weighted by molar-refractivity contribution is -0.166. The van der Waals surface area contributed by atoms with E-state index in [4.69, 9.17) is 4.74 Å². The molecule has 9 heteroatoms. The van der Waals surface area contributed by atoms with Gasteiger partial charge in [-0.2, -0.15) is 0 Å². The SMILES string of the molecule is C=CCOC(=O)[C@@H]1N2C(=O)C(Br)(C(O)C(=O)c3ccc(F)cc3)[C@H]2SC1(C)C. The summed E-state index contributed by atoms with van der Waals surface area (Å²) in [5, 5.41) is 10.1. The zero-order valence-corrected chi connectivity index (χ0v) is 17.6. The highest BCUT2D eigenvalue weighted by Gasteiger charge is 2.74. The molecule has 0 aromatic heterocycles. The maximum absolute atomic E-state index is 13.1. The Morgan fingerprint density at radius 3 is 2.61 bits per heavy atom. The maximum Gasteiger partial charge on any atom is 0.330 e. The van der Waals surface area contributed by atoms with Crippen molar-refractivity contribution in [3.63, 3.8) is 0 Å². The van der Waals surface area contributed by atoms with Crippen molar-refractivity contribution in [3.05, 3.63) is 48.3 Å². The standard InChI is InChI=1S/C19H19BrFNO5S/c1-4-9-27-15(25)13-18(2,3)28-17-19(20,16(26)22(13)17)14(24)12(23)10-5-7-11(21)8-6-10/h4-8,13-14,17,24H,1,9H2,2-3H3/t13-,14?,17+,19?/m0/s1. The van der Waals surface area contributed by atoms with Gasteiger partial charge in [0.2, 0.25) is 5.91 Å². The summed E-state index contributed by atoms with van der Waals surface area (Å²) in [6.07, 6.45) is -0.263. The number of rotatable bonds is 6. The number of aliphatic hydroxyl groups excluding tert-OH is 1. The molecule has 2 aliphatic rings. The highest BCUT2D eigenvalue weighted by atomic mass is 79.9. The number of halogens is 2. The van der Waals surface area contributed by atoms with E-state index >= 15 is 0 Å². The molecule has 6 nitrogen and oxygen atoms in total. The van der Waals surface area contributed by atoms with Gasteiger partial charge < -0.3 is 14.7 Å². The van der Waals surface area contributed by atoms with Gasteiger partial charge in [-0.15, -0.1) is 11.8 Å². The van der Waals surface area contributed by atoms with Crippen LogP contribution in [0.1, 0.15) is 24.2 Å². The molecular weight excluding hydrogens is 453 g/mol. The van der Waals surface area contributed by atoms with Gasteiger partial charge in [-0.3, -0.25) is 9.59 Å². The fourth-order valence-electron chi connectivity index (χ4n) is 3.46. The molecule has 150 valence electrons. The average molecular weight is 472 g/mol. The maximum atomic E-state index is 13.1. The topological polar surface area (TPSA) is 83.9 Å².